The van der Waals surface area contributed by atoms with E-state index in [9.17, 15) is 9.59 Å². The second-order valence-corrected chi connectivity index (χ2v) is 5.73. The Kier molecular flexibility index (Phi) is 5.22. The average Bonchev–Trinajstić information content (AvgIpc) is 2.50. The number of hydrogen-bond donors (Lipinski definition) is 0. The molecule has 1 aromatic carbocycles. The van der Waals surface area contributed by atoms with Gasteiger partial charge in [-0.05, 0) is 42.1 Å². The van der Waals surface area contributed by atoms with E-state index in [0.29, 0.717) is 27.0 Å². The van der Waals surface area contributed by atoms with Crippen molar-refractivity contribution in [2.75, 3.05) is 7.11 Å². The fourth-order valence-corrected chi connectivity index (χ4v) is 2.67. The molecule has 2 aromatic rings. The molecule has 0 unspecified atom stereocenters. The van der Waals surface area contributed by atoms with Crippen molar-refractivity contribution in [1.29, 1.82) is 0 Å². The van der Waals surface area contributed by atoms with E-state index in [1.54, 1.807) is 18.2 Å². The third-order valence-electron chi connectivity index (χ3n) is 2.52. The van der Waals surface area contributed by atoms with Crippen LogP contribution in [-0.2, 0) is 0 Å². The van der Waals surface area contributed by atoms with E-state index in [-0.39, 0.29) is 16.5 Å². The predicted octanol–water partition coefficient (Wildman–Crippen LogP) is 4.14. The molecule has 108 valence electrons. The molecular formula is C14H9Cl2NO3S. The molecule has 1 heterocycles. The molecule has 0 spiro atoms. The van der Waals surface area contributed by atoms with E-state index in [0.717, 1.165) is 11.8 Å². The Bertz CT molecular complexity index is 707. The molecular weight excluding hydrogens is 333 g/mol. The summed E-state index contributed by atoms with van der Waals surface area (Å²) in [5.74, 6) is 0.304. The van der Waals surface area contributed by atoms with Crippen molar-refractivity contribution >= 4 is 46.4 Å². The van der Waals surface area contributed by atoms with Gasteiger partial charge in [-0.25, -0.2) is 4.98 Å². The molecule has 0 bridgehead atoms. The van der Waals surface area contributed by atoms with Gasteiger partial charge in [-0.2, -0.15) is 0 Å². The molecule has 0 N–H and O–H groups in total. The van der Waals surface area contributed by atoms with Crippen molar-refractivity contribution in [3.05, 3.63) is 51.8 Å². The average molecular weight is 342 g/mol. The second-order valence-electron chi connectivity index (χ2n) is 3.87. The second kappa shape index (κ2) is 6.93. The minimum Gasteiger partial charge on any atom is -0.494 e. The van der Waals surface area contributed by atoms with Crippen LogP contribution in [-0.4, -0.2) is 23.5 Å². The SMILES string of the molecule is COc1ccc(C=O)nc1C(=O)Sc1ccc(Cl)c(Cl)c1. The van der Waals surface area contributed by atoms with E-state index in [4.69, 9.17) is 27.9 Å². The van der Waals surface area contributed by atoms with Crippen molar-refractivity contribution in [1.82, 2.24) is 4.98 Å². The quantitative estimate of drug-likeness (QED) is 0.617. The van der Waals surface area contributed by atoms with Gasteiger partial charge in [-0.15, -0.1) is 0 Å². The van der Waals surface area contributed by atoms with Gasteiger partial charge >= 0.3 is 0 Å². The lowest BCUT2D eigenvalue weighted by Gasteiger charge is -2.07. The zero-order valence-corrected chi connectivity index (χ0v) is 13.1. The van der Waals surface area contributed by atoms with Crippen LogP contribution >= 0.6 is 35.0 Å². The largest absolute Gasteiger partial charge is 0.494 e. The van der Waals surface area contributed by atoms with Crippen LogP contribution in [0.2, 0.25) is 10.0 Å². The van der Waals surface area contributed by atoms with Crippen molar-refractivity contribution in [3.8, 4) is 5.75 Å². The number of carbonyl (C=O) groups excluding carboxylic acids is 2. The molecule has 0 fully saturated rings. The number of pyridine rings is 1. The Morgan fingerprint density at radius 2 is 2.00 bits per heavy atom. The summed E-state index contributed by atoms with van der Waals surface area (Å²) in [5.41, 5.74) is 0.243. The smallest absolute Gasteiger partial charge is 0.246 e. The monoisotopic (exact) mass is 341 g/mol. The van der Waals surface area contributed by atoms with Crippen LogP contribution in [0.15, 0.2) is 35.2 Å². The fourth-order valence-electron chi connectivity index (χ4n) is 1.53. The summed E-state index contributed by atoms with van der Waals surface area (Å²) < 4.78 is 5.09. The van der Waals surface area contributed by atoms with Crippen LogP contribution in [0.3, 0.4) is 0 Å². The third kappa shape index (κ3) is 3.75. The molecule has 7 heteroatoms. The summed E-state index contributed by atoms with van der Waals surface area (Å²) in [6.07, 6.45) is 0.569. The number of ether oxygens (including phenoxy) is 1. The van der Waals surface area contributed by atoms with Crippen LogP contribution in [0.1, 0.15) is 21.0 Å². The van der Waals surface area contributed by atoms with E-state index in [1.165, 1.54) is 19.2 Å². The maximum atomic E-state index is 12.3. The molecule has 0 atom stereocenters. The van der Waals surface area contributed by atoms with E-state index >= 15 is 0 Å². The number of aldehydes is 1. The molecule has 0 aliphatic heterocycles. The highest BCUT2D eigenvalue weighted by atomic mass is 35.5. The van der Waals surface area contributed by atoms with Gasteiger partial charge in [0.05, 0.1) is 17.2 Å². The van der Waals surface area contributed by atoms with Crippen LogP contribution in [0.5, 0.6) is 5.75 Å². The fraction of sp³-hybridized carbons (Fsp3) is 0.0714. The first-order valence-electron chi connectivity index (χ1n) is 5.72. The highest BCUT2D eigenvalue weighted by Crippen LogP contribution is 2.31. The van der Waals surface area contributed by atoms with Gasteiger partial charge in [0.2, 0.25) is 5.12 Å². The highest BCUT2D eigenvalue weighted by Gasteiger charge is 2.17. The summed E-state index contributed by atoms with van der Waals surface area (Å²) in [6.45, 7) is 0. The zero-order valence-electron chi connectivity index (χ0n) is 10.8. The van der Waals surface area contributed by atoms with Gasteiger partial charge < -0.3 is 4.74 Å². The molecule has 0 amide bonds. The first kappa shape index (κ1) is 15.8. The molecule has 0 aliphatic rings. The molecule has 1 aromatic heterocycles. The van der Waals surface area contributed by atoms with Crippen LogP contribution in [0.4, 0.5) is 0 Å². The summed E-state index contributed by atoms with van der Waals surface area (Å²) in [7, 11) is 1.43. The number of hydrogen-bond acceptors (Lipinski definition) is 5. The number of rotatable bonds is 4. The lowest BCUT2D eigenvalue weighted by atomic mass is 10.3. The molecule has 0 saturated carbocycles. The standard InChI is InChI=1S/C14H9Cl2NO3S/c1-20-12-5-2-8(7-18)17-13(12)14(19)21-9-3-4-10(15)11(16)6-9/h2-7H,1H3. The Morgan fingerprint density at radius 1 is 1.24 bits per heavy atom. The summed E-state index contributed by atoms with van der Waals surface area (Å²) in [5, 5.41) is 0.414. The number of nitrogens with zero attached hydrogens (tertiary/aromatic N) is 1. The molecule has 0 saturated heterocycles. The van der Waals surface area contributed by atoms with Gasteiger partial charge in [-0.1, -0.05) is 23.2 Å². The number of halogens is 2. The van der Waals surface area contributed by atoms with Gasteiger partial charge in [0, 0.05) is 4.90 Å². The number of thioether (sulfide) groups is 1. The first-order valence-corrected chi connectivity index (χ1v) is 7.30. The number of benzene rings is 1. The summed E-state index contributed by atoms with van der Waals surface area (Å²) >= 11 is 12.7. The normalized spacial score (nSPS) is 10.2. The van der Waals surface area contributed by atoms with Crippen molar-refractivity contribution in [2.45, 2.75) is 4.90 Å². The van der Waals surface area contributed by atoms with Crippen LogP contribution < -0.4 is 4.74 Å². The molecule has 2 rings (SSSR count). The number of methoxy groups -OCH3 is 1. The van der Waals surface area contributed by atoms with Gasteiger partial charge in [0.1, 0.15) is 11.4 Å². The Labute approximate surface area is 135 Å². The lowest BCUT2D eigenvalue weighted by molar-refractivity contribution is 0.108. The Hall–Kier alpha value is -1.56. The Balaban J connectivity index is 2.31. The van der Waals surface area contributed by atoms with Crippen molar-refractivity contribution in [2.24, 2.45) is 0 Å². The van der Waals surface area contributed by atoms with Crippen molar-refractivity contribution in [3.63, 3.8) is 0 Å². The minimum atomic E-state index is -0.353. The van der Waals surface area contributed by atoms with Crippen molar-refractivity contribution < 1.29 is 14.3 Å². The summed E-state index contributed by atoms with van der Waals surface area (Å²) in [6, 6.07) is 7.87. The highest BCUT2D eigenvalue weighted by molar-refractivity contribution is 8.14. The van der Waals surface area contributed by atoms with Crippen LogP contribution in [0.25, 0.3) is 0 Å². The Morgan fingerprint density at radius 3 is 2.62 bits per heavy atom. The minimum absolute atomic E-state index is 0.0816. The molecule has 21 heavy (non-hydrogen) atoms. The van der Waals surface area contributed by atoms with Gasteiger partial charge in [0.25, 0.3) is 0 Å². The van der Waals surface area contributed by atoms with E-state index in [2.05, 4.69) is 4.98 Å². The number of carbonyl (C=O) groups is 2. The maximum Gasteiger partial charge on any atom is 0.246 e. The third-order valence-corrected chi connectivity index (χ3v) is 4.12. The molecule has 0 radical (unpaired) electrons. The predicted molar refractivity (Wildman–Crippen MR) is 82.8 cm³/mol. The molecule has 4 nitrogen and oxygen atoms in total. The van der Waals surface area contributed by atoms with Gasteiger partial charge in [-0.3, -0.25) is 9.59 Å². The van der Waals surface area contributed by atoms with Gasteiger partial charge in [0.15, 0.2) is 12.0 Å². The number of aromatic nitrogens is 1. The van der Waals surface area contributed by atoms with Crippen LogP contribution in [0, 0.1) is 0 Å². The van der Waals surface area contributed by atoms with E-state index in [1.807, 2.05) is 0 Å². The van der Waals surface area contributed by atoms with E-state index < -0.39 is 0 Å². The topological polar surface area (TPSA) is 56.3 Å². The molecule has 0 aliphatic carbocycles. The first-order chi connectivity index (χ1) is 10.0. The zero-order chi connectivity index (χ0) is 15.4. The lowest BCUT2D eigenvalue weighted by Crippen LogP contribution is -2.04. The summed E-state index contributed by atoms with van der Waals surface area (Å²) in [4.78, 5) is 27.7. The maximum absolute atomic E-state index is 12.3.